The topological polar surface area (TPSA) is 78.9 Å². The maximum atomic E-state index is 12.1. The van der Waals surface area contributed by atoms with E-state index in [9.17, 15) is 9.59 Å². The van der Waals surface area contributed by atoms with E-state index >= 15 is 0 Å². The molecule has 19 heavy (non-hydrogen) atoms. The highest BCUT2D eigenvalue weighted by atomic mass is 16.5. The SMILES string of the molecule is COCCCCNC(=O)N1C2CCC1C(C(=O)O)C2. The van der Waals surface area contributed by atoms with E-state index in [1.807, 2.05) is 0 Å². The molecule has 3 unspecified atom stereocenters. The van der Waals surface area contributed by atoms with Crippen molar-refractivity contribution >= 4 is 12.0 Å². The Hall–Kier alpha value is -1.30. The van der Waals surface area contributed by atoms with E-state index in [4.69, 9.17) is 9.84 Å². The zero-order valence-electron chi connectivity index (χ0n) is 11.3. The van der Waals surface area contributed by atoms with Crippen LogP contribution in [0, 0.1) is 5.92 Å². The Morgan fingerprint density at radius 3 is 2.79 bits per heavy atom. The molecule has 0 aromatic carbocycles. The summed E-state index contributed by atoms with van der Waals surface area (Å²) in [6.45, 7) is 1.32. The number of amides is 2. The average Bonchev–Trinajstić information content (AvgIpc) is 2.95. The molecule has 2 aliphatic heterocycles. The fourth-order valence-electron chi connectivity index (χ4n) is 3.23. The lowest BCUT2D eigenvalue weighted by atomic mass is 9.89. The molecule has 2 fully saturated rings. The molecule has 0 aliphatic carbocycles. The Balaban J connectivity index is 1.79. The van der Waals surface area contributed by atoms with Crippen LogP contribution in [0.3, 0.4) is 0 Å². The normalized spacial score (nSPS) is 28.7. The number of urea groups is 1. The molecular weight excluding hydrogens is 248 g/mol. The lowest BCUT2D eigenvalue weighted by Gasteiger charge is -2.23. The van der Waals surface area contributed by atoms with Gasteiger partial charge in [0.1, 0.15) is 0 Å². The summed E-state index contributed by atoms with van der Waals surface area (Å²) in [6, 6.07) is -0.0970. The minimum absolute atomic E-state index is 0.103. The molecule has 0 spiro atoms. The van der Waals surface area contributed by atoms with Crippen molar-refractivity contribution in [3.05, 3.63) is 0 Å². The predicted molar refractivity (Wildman–Crippen MR) is 68.9 cm³/mol. The van der Waals surface area contributed by atoms with Crippen LogP contribution in [0.1, 0.15) is 32.1 Å². The molecule has 2 rings (SSSR count). The van der Waals surface area contributed by atoms with Gasteiger partial charge in [-0.05, 0) is 32.1 Å². The number of aliphatic carboxylic acids is 1. The Morgan fingerprint density at radius 1 is 1.37 bits per heavy atom. The maximum Gasteiger partial charge on any atom is 0.317 e. The summed E-state index contributed by atoms with van der Waals surface area (Å²) in [5.74, 6) is -1.15. The van der Waals surface area contributed by atoms with E-state index in [0.717, 1.165) is 25.7 Å². The van der Waals surface area contributed by atoms with Gasteiger partial charge in [-0.3, -0.25) is 4.79 Å². The van der Waals surface area contributed by atoms with Crippen LogP contribution in [0.25, 0.3) is 0 Å². The summed E-state index contributed by atoms with van der Waals surface area (Å²) in [6.07, 6.45) is 4.16. The number of fused-ring (bicyclic) bond motifs is 2. The van der Waals surface area contributed by atoms with Gasteiger partial charge in [0.15, 0.2) is 0 Å². The molecule has 2 saturated heterocycles. The van der Waals surface area contributed by atoms with E-state index in [-0.39, 0.29) is 24.0 Å². The zero-order valence-corrected chi connectivity index (χ0v) is 11.3. The molecule has 2 amide bonds. The van der Waals surface area contributed by atoms with E-state index in [0.29, 0.717) is 19.6 Å². The number of rotatable bonds is 6. The lowest BCUT2D eigenvalue weighted by molar-refractivity contribution is -0.142. The van der Waals surface area contributed by atoms with Crippen molar-refractivity contribution in [2.24, 2.45) is 5.92 Å². The fourth-order valence-corrected chi connectivity index (χ4v) is 3.23. The molecule has 0 saturated carbocycles. The first-order valence-electron chi connectivity index (χ1n) is 6.93. The number of carbonyl (C=O) groups excluding carboxylic acids is 1. The molecule has 0 aromatic heterocycles. The summed E-state index contributed by atoms with van der Waals surface area (Å²) in [5.41, 5.74) is 0. The third kappa shape index (κ3) is 3.00. The number of nitrogens with zero attached hydrogens (tertiary/aromatic N) is 1. The predicted octanol–water partition coefficient (Wildman–Crippen LogP) is 1.06. The van der Waals surface area contributed by atoms with Crippen LogP contribution in [0.2, 0.25) is 0 Å². The molecule has 3 atom stereocenters. The molecule has 2 heterocycles. The number of hydrogen-bond donors (Lipinski definition) is 2. The van der Waals surface area contributed by atoms with Gasteiger partial charge >= 0.3 is 12.0 Å². The van der Waals surface area contributed by atoms with Crippen molar-refractivity contribution in [1.29, 1.82) is 0 Å². The molecule has 0 radical (unpaired) electrons. The number of carboxylic acids is 1. The van der Waals surface area contributed by atoms with E-state index in [2.05, 4.69) is 5.32 Å². The number of methoxy groups -OCH3 is 1. The highest BCUT2D eigenvalue weighted by Crippen LogP contribution is 2.41. The first-order chi connectivity index (χ1) is 9.15. The van der Waals surface area contributed by atoms with Gasteiger partial charge in [-0.2, -0.15) is 0 Å². The van der Waals surface area contributed by atoms with Gasteiger partial charge in [0.2, 0.25) is 0 Å². The van der Waals surface area contributed by atoms with Crippen molar-refractivity contribution in [2.75, 3.05) is 20.3 Å². The zero-order chi connectivity index (χ0) is 13.8. The Kier molecular flexibility index (Phi) is 4.63. The van der Waals surface area contributed by atoms with Gasteiger partial charge in [0.05, 0.1) is 5.92 Å². The summed E-state index contributed by atoms with van der Waals surface area (Å²) in [4.78, 5) is 25.0. The summed E-state index contributed by atoms with van der Waals surface area (Å²) in [7, 11) is 1.66. The van der Waals surface area contributed by atoms with Crippen molar-refractivity contribution in [2.45, 2.75) is 44.2 Å². The minimum atomic E-state index is -0.773. The van der Waals surface area contributed by atoms with Crippen molar-refractivity contribution in [3.8, 4) is 0 Å². The summed E-state index contributed by atoms with van der Waals surface area (Å²) < 4.78 is 4.94. The molecule has 6 heteroatoms. The molecule has 2 bridgehead atoms. The highest BCUT2D eigenvalue weighted by molar-refractivity contribution is 5.79. The molecule has 0 aromatic rings. The molecular formula is C13H22N2O4. The van der Waals surface area contributed by atoms with Gasteiger partial charge in [-0.25, -0.2) is 4.79 Å². The smallest absolute Gasteiger partial charge is 0.317 e. The van der Waals surface area contributed by atoms with E-state index in [1.54, 1.807) is 12.0 Å². The number of carboxylic acid groups (broad SMARTS) is 1. The minimum Gasteiger partial charge on any atom is -0.481 e. The molecule has 6 nitrogen and oxygen atoms in total. The molecule has 108 valence electrons. The molecule has 2 N–H and O–H groups in total. The molecule has 2 aliphatic rings. The van der Waals surface area contributed by atoms with E-state index < -0.39 is 5.97 Å². The number of unbranched alkanes of at least 4 members (excludes halogenated alkanes) is 1. The van der Waals surface area contributed by atoms with Crippen LogP contribution in [0.15, 0.2) is 0 Å². The number of ether oxygens (including phenoxy) is 1. The quantitative estimate of drug-likeness (QED) is 0.707. The Labute approximate surface area is 113 Å². The number of hydrogen-bond acceptors (Lipinski definition) is 3. The first kappa shape index (κ1) is 14.1. The average molecular weight is 270 g/mol. The standard InChI is InChI=1S/C13H22N2O4/c1-19-7-3-2-6-14-13(18)15-9-4-5-11(15)10(8-9)12(16)17/h9-11H,2-8H2,1H3,(H,14,18)(H,16,17). The van der Waals surface area contributed by atoms with Crippen LogP contribution in [0.4, 0.5) is 4.79 Å². The lowest BCUT2D eigenvalue weighted by Crippen LogP contribution is -2.44. The largest absolute Gasteiger partial charge is 0.481 e. The monoisotopic (exact) mass is 270 g/mol. The van der Waals surface area contributed by atoms with Gasteiger partial charge < -0.3 is 20.1 Å². The number of nitrogens with one attached hydrogen (secondary N) is 1. The Morgan fingerprint density at radius 2 is 2.16 bits per heavy atom. The van der Waals surface area contributed by atoms with Crippen LogP contribution in [-0.2, 0) is 9.53 Å². The highest BCUT2D eigenvalue weighted by Gasteiger charge is 2.51. The second kappa shape index (κ2) is 6.23. The van der Waals surface area contributed by atoms with Gasteiger partial charge in [0.25, 0.3) is 0 Å². The van der Waals surface area contributed by atoms with Crippen LogP contribution >= 0.6 is 0 Å². The second-order valence-electron chi connectivity index (χ2n) is 5.32. The van der Waals surface area contributed by atoms with Gasteiger partial charge in [-0.1, -0.05) is 0 Å². The number of carbonyl (C=O) groups is 2. The first-order valence-corrected chi connectivity index (χ1v) is 6.93. The summed E-state index contributed by atoms with van der Waals surface area (Å²) in [5, 5.41) is 12.0. The van der Waals surface area contributed by atoms with Crippen molar-refractivity contribution in [3.63, 3.8) is 0 Å². The Bertz CT molecular complexity index is 348. The van der Waals surface area contributed by atoms with Gasteiger partial charge in [0, 0.05) is 32.3 Å². The van der Waals surface area contributed by atoms with Gasteiger partial charge in [-0.15, -0.1) is 0 Å². The summed E-state index contributed by atoms with van der Waals surface area (Å²) >= 11 is 0. The van der Waals surface area contributed by atoms with Crippen LogP contribution in [-0.4, -0.2) is 54.4 Å². The maximum absolute atomic E-state index is 12.1. The van der Waals surface area contributed by atoms with Crippen molar-refractivity contribution < 1.29 is 19.4 Å². The van der Waals surface area contributed by atoms with E-state index in [1.165, 1.54) is 0 Å². The van der Waals surface area contributed by atoms with Crippen molar-refractivity contribution in [1.82, 2.24) is 10.2 Å². The van der Waals surface area contributed by atoms with Crippen LogP contribution in [0.5, 0.6) is 0 Å². The second-order valence-corrected chi connectivity index (χ2v) is 5.32. The van der Waals surface area contributed by atoms with Crippen LogP contribution < -0.4 is 5.32 Å². The third-order valence-corrected chi connectivity index (χ3v) is 4.14. The third-order valence-electron chi connectivity index (χ3n) is 4.14. The fraction of sp³-hybridized carbons (Fsp3) is 0.846.